The van der Waals surface area contributed by atoms with Crippen LogP contribution in [0.5, 0.6) is 11.6 Å². The Bertz CT molecular complexity index is 693. The van der Waals surface area contributed by atoms with Crippen molar-refractivity contribution in [1.82, 2.24) is 9.97 Å². The first kappa shape index (κ1) is 15.9. The molecule has 2 aromatic rings. The van der Waals surface area contributed by atoms with Crippen molar-refractivity contribution in [3.63, 3.8) is 0 Å². The molecule has 8 heteroatoms. The van der Waals surface area contributed by atoms with E-state index in [1.54, 1.807) is 18.2 Å². The average Bonchev–Trinajstić information content (AvgIpc) is 2.55. The van der Waals surface area contributed by atoms with Gasteiger partial charge in [-0.2, -0.15) is 4.98 Å². The Labute approximate surface area is 132 Å². The number of benzene rings is 1. The average molecular weight is 319 g/mol. The van der Waals surface area contributed by atoms with Crippen LogP contribution >= 0.6 is 11.8 Å². The topological polar surface area (TPSA) is 106 Å². The number of methoxy groups -OCH3 is 2. The van der Waals surface area contributed by atoms with Crippen molar-refractivity contribution < 1.29 is 9.47 Å². The van der Waals surface area contributed by atoms with Gasteiger partial charge in [-0.05, 0) is 24.5 Å². The quantitative estimate of drug-likeness (QED) is 0.325. The van der Waals surface area contributed by atoms with E-state index in [0.29, 0.717) is 33.9 Å². The lowest BCUT2D eigenvalue weighted by molar-refractivity contribution is 0.339. The summed E-state index contributed by atoms with van der Waals surface area (Å²) in [6.45, 7) is 0. The number of hydrogen-bond acceptors (Lipinski definition) is 8. The first-order valence-corrected chi connectivity index (χ1v) is 7.56. The van der Waals surface area contributed by atoms with Crippen LogP contribution in [-0.2, 0) is 0 Å². The molecule has 0 saturated heterocycles. The number of thioether (sulfide) groups is 1. The Morgan fingerprint density at radius 1 is 1.27 bits per heavy atom. The lowest BCUT2D eigenvalue weighted by Gasteiger charge is -2.14. The lowest BCUT2D eigenvalue weighted by Crippen LogP contribution is -2.04. The van der Waals surface area contributed by atoms with Crippen LogP contribution in [0, 0.1) is 5.41 Å². The number of ether oxygens (including phenoxy) is 2. The highest BCUT2D eigenvalue weighted by Gasteiger charge is 2.16. The molecule has 0 unspecified atom stereocenters. The van der Waals surface area contributed by atoms with Gasteiger partial charge >= 0.3 is 0 Å². The van der Waals surface area contributed by atoms with Crippen molar-refractivity contribution in [2.24, 2.45) is 0 Å². The van der Waals surface area contributed by atoms with E-state index < -0.39 is 0 Å². The van der Waals surface area contributed by atoms with Crippen LogP contribution in [0.4, 0.5) is 17.2 Å². The zero-order valence-electron chi connectivity index (χ0n) is 12.5. The van der Waals surface area contributed by atoms with Crippen LogP contribution < -0.4 is 20.5 Å². The van der Waals surface area contributed by atoms with Crippen molar-refractivity contribution in [2.75, 3.05) is 31.5 Å². The molecule has 7 nitrogen and oxygen atoms in total. The van der Waals surface area contributed by atoms with Gasteiger partial charge in [0.15, 0.2) is 11.0 Å². The number of rotatable bonds is 6. The number of anilines is 3. The Morgan fingerprint density at radius 2 is 2.05 bits per heavy atom. The Hall–Kier alpha value is -2.48. The molecule has 0 fully saturated rings. The molecule has 4 N–H and O–H groups in total. The van der Waals surface area contributed by atoms with Gasteiger partial charge in [0.05, 0.1) is 14.2 Å². The second-order valence-electron chi connectivity index (χ2n) is 4.21. The fraction of sp³-hybridized carbons (Fsp3) is 0.214. The maximum atomic E-state index is 7.36. The number of nitrogens with one attached hydrogen (secondary N) is 2. The van der Waals surface area contributed by atoms with E-state index in [0.717, 1.165) is 5.69 Å². The van der Waals surface area contributed by atoms with Gasteiger partial charge in [0.25, 0.3) is 5.88 Å². The molecule has 2 rings (SSSR count). The van der Waals surface area contributed by atoms with E-state index in [1.807, 2.05) is 6.26 Å². The Morgan fingerprint density at radius 3 is 2.64 bits per heavy atom. The monoisotopic (exact) mass is 319 g/mol. The molecular formula is C14H17N5O2S. The minimum Gasteiger partial charge on any atom is -0.489 e. The fourth-order valence-electron chi connectivity index (χ4n) is 1.82. The molecule has 22 heavy (non-hydrogen) atoms. The zero-order chi connectivity index (χ0) is 16.1. The zero-order valence-corrected chi connectivity index (χ0v) is 13.3. The largest absolute Gasteiger partial charge is 0.489 e. The smallest absolute Gasteiger partial charge is 0.263 e. The van der Waals surface area contributed by atoms with Gasteiger partial charge in [-0.25, -0.2) is 4.98 Å². The highest BCUT2D eigenvalue weighted by atomic mass is 32.2. The normalized spacial score (nSPS) is 10.1. The van der Waals surface area contributed by atoms with Crippen LogP contribution in [0.3, 0.4) is 0 Å². The second kappa shape index (κ2) is 6.99. The van der Waals surface area contributed by atoms with Crippen LogP contribution in [0.15, 0.2) is 23.4 Å². The molecule has 0 amide bonds. The Kier molecular flexibility index (Phi) is 5.05. The SMILES string of the molecule is COc1nc(SC)nc(Nc2ccc(N)c(C=N)c2)c1OC. The van der Waals surface area contributed by atoms with Crippen molar-refractivity contribution in [2.45, 2.75) is 5.16 Å². The summed E-state index contributed by atoms with van der Waals surface area (Å²) in [5.74, 6) is 1.25. The van der Waals surface area contributed by atoms with Crippen LogP contribution in [-0.4, -0.2) is 36.7 Å². The molecule has 0 spiro atoms. The number of nitrogens with zero attached hydrogens (tertiary/aromatic N) is 2. The first-order valence-electron chi connectivity index (χ1n) is 6.34. The van der Waals surface area contributed by atoms with Gasteiger partial charge in [0, 0.05) is 23.2 Å². The lowest BCUT2D eigenvalue weighted by atomic mass is 10.1. The number of hydrogen-bond donors (Lipinski definition) is 3. The van der Waals surface area contributed by atoms with Crippen LogP contribution in [0.1, 0.15) is 5.56 Å². The molecule has 1 aromatic carbocycles. The highest BCUT2D eigenvalue weighted by Crippen LogP contribution is 2.35. The van der Waals surface area contributed by atoms with Gasteiger partial charge in [-0.3, -0.25) is 0 Å². The summed E-state index contributed by atoms with van der Waals surface area (Å²) < 4.78 is 10.6. The summed E-state index contributed by atoms with van der Waals surface area (Å²) in [6, 6.07) is 5.29. The highest BCUT2D eigenvalue weighted by molar-refractivity contribution is 7.98. The third-order valence-electron chi connectivity index (χ3n) is 2.90. The molecule has 0 radical (unpaired) electrons. The van der Waals surface area contributed by atoms with Gasteiger partial charge < -0.3 is 25.9 Å². The third kappa shape index (κ3) is 3.22. The summed E-state index contributed by atoms with van der Waals surface area (Å²) in [5.41, 5.74) is 7.68. The second-order valence-corrected chi connectivity index (χ2v) is 4.99. The van der Waals surface area contributed by atoms with Crippen molar-refractivity contribution in [3.8, 4) is 11.6 Å². The maximum absolute atomic E-state index is 7.36. The van der Waals surface area contributed by atoms with E-state index in [4.69, 9.17) is 20.6 Å². The number of nitrogens with two attached hydrogens (primary N) is 1. The Balaban J connectivity index is 2.45. The van der Waals surface area contributed by atoms with Crippen molar-refractivity contribution >= 4 is 35.2 Å². The van der Waals surface area contributed by atoms with Gasteiger partial charge in [0.1, 0.15) is 0 Å². The minimum atomic E-state index is 0.354. The molecule has 0 aliphatic rings. The summed E-state index contributed by atoms with van der Waals surface area (Å²) in [7, 11) is 3.05. The maximum Gasteiger partial charge on any atom is 0.263 e. The third-order valence-corrected chi connectivity index (χ3v) is 3.45. The molecular weight excluding hydrogens is 302 g/mol. The fourth-order valence-corrected chi connectivity index (χ4v) is 2.18. The molecule has 0 saturated carbocycles. The van der Waals surface area contributed by atoms with Gasteiger partial charge in [0.2, 0.25) is 5.75 Å². The minimum absolute atomic E-state index is 0.354. The van der Waals surface area contributed by atoms with Gasteiger partial charge in [-0.15, -0.1) is 0 Å². The molecule has 1 aromatic heterocycles. The summed E-state index contributed by atoms with van der Waals surface area (Å²) in [5, 5.41) is 11.1. The molecule has 0 aliphatic heterocycles. The number of nitrogen functional groups attached to an aromatic ring is 1. The van der Waals surface area contributed by atoms with Crippen LogP contribution in [0.25, 0.3) is 0 Å². The van der Waals surface area contributed by atoms with E-state index in [9.17, 15) is 0 Å². The number of aromatic nitrogens is 2. The van der Waals surface area contributed by atoms with E-state index in [-0.39, 0.29) is 0 Å². The standard InChI is InChI=1S/C14H17N5O2S/c1-20-11-12(18-14(22-3)19-13(11)21-2)17-9-4-5-10(16)8(6-9)7-15/h4-7,15H,16H2,1-3H3,(H,17,18,19). The van der Waals surface area contributed by atoms with E-state index >= 15 is 0 Å². The van der Waals surface area contributed by atoms with E-state index in [2.05, 4.69) is 15.3 Å². The molecule has 116 valence electrons. The first-order chi connectivity index (χ1) is 10.6. The molecule has 0 atom stereocenters. The summed E-state index contributed by atoms with van der Waals surface area (Å²) in [6.07, 6.45) is 3.08. The van der Waals surface area contributed by atoms with Gasteiger partial charge in [-0.1, -0.05) is 11.8 Å². The summed E-state index contributed by atoms with van der Waals surface area (Å²) in [4.78, 5) is 8.63. The molecule has 0 bridgehead atoms. The molecule has 1 heterocycles. The molecule has 0 aliphatic carbocycles. The predicted octanol–water partition coefficient (Wildman–Crippen LogP) is 2.54. The predicted molar refractivity (Wildman–Crippen MR) is 88.9 cm³/mol. The van der Waals surface area contributed by atoms with Crippen molar-refractivity contribution in [3.05, 3.63) is 23.8 Å². The summed E-state index contributed by atoms with van der Waals surface area (Å²) >= 11 is 1.40. The van der Waals surface area contributed by atoms with E-state index in [1.165, 1.54) is 32.2 Å². The van der Waals surface area contributed by atoms with Crippen molar-refractivity contribution in [1.29, 1.82) is 5.41 Å². The van der Waals surface area contributed by atoms with Crippen LogP contribution in [0.2, 0.25) is 0 Å².